The summed E-state index contributed by atoms with van der Waals surface area (Å²) in [4.78, 5) is 14.8. The Morgan fingerprint density at radius 3 is 1.57 bits per heavy atom. The van der Waals surface area contributed by atoms with Gasteiger partial charge in [-0.05, 0) is 83.4 Å². The van der Waals surface area contributed by atoms with Crippen molar-refractivity contribution < 1.29 is 0 Å². The van der Waals surface area contributed by atoms with E-state index in [9.17, 15) is 0 Å². The molecule has 5 nitrogen and oxygen atoms in total. The van der Waals surface area contributed by atoms with Gasteiger partial charge >= 0.3 is 0 Å². The monoisotopic (exact) mass is 715 g/mol. The first-order chi connectivity index (χ1) is 27.8. The predicted octanol–water partition coefficient (Wildman–Crippen LogP) is 12.7. The quantitative estimate of drug-likeness (QED) is 0.172. The maximum absolute atomic E-state index is 5.18. The topological polar surface area (TPSA) is 48.5 Å². The molecule has 4 heterocycles. The molecule has 11 aromatic rings. The van der Waals surface area contributed by atoms with Crippen LogP contribution in [0.15, 0.2) is 200 Å². The number of para-hydroxylation sites is 3. The molecule has 0 fully saturated rings. The molecule has 0 aliphatic heterocycles. The molecule has 56 heavy (non-hydrogen) atoms. The van der Waals surface area contributed by atoms with Crippen LogP contribution in [0.4, 0.5) is 0 Å². The van der Waals surface area contributed by atoms with Crippen LogP contribution in [0.5, 0.6) is 0 Å². The fraction of sp³-hybridized carbons (Fsp3) is 0. The van der Waals surface area contributed by atoms with E-state index < -0.39 is 0 Å². The van der Waals surface area contributed by atoms with Gasteiger partial charge in [0.25, 0.3) is 0 Å². The maximum Gasteiger partial charge on any atom is 0.235 e. The normalized spacial score (nSPS) is 11.6. The molecular weight excluding hydrogens is 683 g/mol. The van der Waals surface area contributed by atoms with Crippen molar-refractivity contribution in [3.8, 4) is 56.4 Å². The Morgan fingerprint density at radius 1 is 0.321 bits per heavy atom. The number of rotatable bonds is 6. The Balaban J connectivity index is 0.984. The van der Waals surface area contributed by atoms with Crippen LogP contribution in [0, 0.1) is 0 Å². The van der Waals surface area contributed by atoms with Gasteiger partial charge in [0.1, 0.15) is 0 Å². The first-order valence-electron chi connectivity index (χ1n) is 18.8. The lowest BCUT2D eigenvalue weighted by molar-refractivity contribution is 0.992. The molecule has 0 unspecified atom stereocenters. The Hall–Kier alpha value is -7.63. The number of hydrogen-bond acceptors (Lipinski definition) is 3. The van der Waals surface area contributed by atoms with Crippen molar-refractivity contribution in [3.05, 3.63) is 200 Å². The summed E-state index contributed by atoms with van der Waals surface area (Å²) < 4.78 is 4.54. The van der Waals surface area contributed by atoms with E-state index in [1.807, 2.05) is 36.7 Å². The van der Waals surface area contributed by atoms with Gasteiger partial charge in [-0.25, -0.2) is 9.97 Å². The number of fused-ring (bicyclic) bond motifs is 6. The van der Waals surface area contributed by atoms with E-state index in [0.717, 1.165) is 66.7 Å². The lowest BCUT2D eigenvalue weighted by Crippen LogP contribution is -2.01. The van der Waals surface area contributed by atoms with Gasteiger partial charge in [-0.2, -0.15) is 0 Å². The molecule has 0 saturated heterocycles. The van der Waals surface area contributed by atoms with Crippen LogP contribution in [0.3, 0.4) is 0 Å². The summed E-state index contributed by atoms with van der Waals surface area (Å²) >= 11 is 0. The van der Waals surface area contributed by atoms with E-state index in [4.69, 9.17) is 15.0 Å². The van der Waals surface area contributed by atoms with E-state index in [0.29, 0.717) is 5.95 Å². The second-order valence-corrected chi connectivity index (χ2v) is 14.1. The van der Waals surface area contributed by atoms with Crippen molar-refractivity contribution in [2.24, 2.45) is 0 Å². The SMILES string of the molecule is c1ccc(-c2ccc(-c3cccc(-c4ccnc(-n5c6ccccc6c6cc(-c7ccc8c(c7)c7ccccc7n8-c7ccccc7)ccc65)n4)c3)cn2)cc1. The fourth-order valence-corrected chi connectivity index (χ4v) is 8.19. The van der Waals surface area contributed by atoms with Crippen LogP contribution < -0.4 is 0 Å². The molecule has 0 N–H and O–H groups in total. The Morgan fingerprint density at radius 2 is 0.875 bits per heavy atom. The van der Waals surface area contributed by atoms with Crippen LogP contribution >= 0.6 is 0 Å². The van der Waals surface area contributed by atoms with E-state index in [1.165, 1.54) is 27.4 Å². The van der Waals surface area contributed by atoms with E-state index in [2.05, 4.69) is 173 Å². The maximum atomic E-state index is 5.18. The summed E-state index contributed by atoms with van der Waals surface area (Å²) in [5, 5.41) is 4.80. The summed E-state index contributed by atoms with van der Waals surface area (Å²) in [6, 6.07) is 66.3. The highest BCUT2D eigenvalue weighted by atomic mass is 15.2. The van der Waals surface area contributed by atoms with Gasteiger partial charge in [-0.1, -0.05) is 121 Å². The second kappa shape index (κ2) is 13.0. The van der Waals surface area contributed by atoms with Gasteiger partial charge in [0.05, 0.1) is 33.5 Å². The molecule has 0 saturated carbocycles. The molecule has 0 spiro atoms. The fourth-order valence-electron chi connectivity index (χ4n) is 8.19. The molecular formula is C51H33N5. The molecule has 0 aliphatic carbocycles. The summed E-state index contributed by atoms with van der Waals surface area (Å²) in [6.07, 6.45) is 3.80. The molecule has 0 aliphatic rings. The van der Waals surface area contributed by atoms with Crippen molar-refractivity contribution in [2.45, 2.75) is 0 Å². The number of nitrogens with zero attached hydrogens (tertiary/aromatic N) is 5. The molecule has 5 heteroatoms. The van der Waals surface area contributed by atoms with Gasteiger partial charge in [-0.15, -0.1) is 0 Å². The Bertz CT molecular complexity index is 3230. The van der Waals surface area contributed by atoms with Crippen molar-refractivity contribution in [3.63, 3.8) is 0 Å². The summed E-state index contributed by atoms with van der Waals surface area (Å²) in [5.74, 6) is 0.635. The molecule has 0 atom stereocenters. The van der Waals surface area contributed by atoms with Gasteiger partial charge in [0.2, 0.25) is 5.95 Å². The van der Waals surface area contributed by atoms with Gasteiger partial charge in [-0.3, -0.25) is 9.55 Å². The minimum absolute atomic E-state index is 0.635. The Labute approximate surface area is 323 Å². The molecule has 0 bridgehead atoms. The first kappa shape index (κ1) is 31.9. The minimum atomic E-state index is 0.635. The van der Waals surface area contributed by atoms with Gasteiger partial charge < -0.3 is 4.57 Å². The zero-order valence-corrected chi connectivity index (χ0v) is 30.3. The summed E-state index contributed by atoms with van der Waals surface area (Å²) in [5.41, 5.74) is 14.1. The van der Waals surface area contributed by atoms with Crippen LogP contribution in [-0.2, 0) is 0 Å². The number of hydrogen-bond donors (Lipinski definition) is 0. The summed E-state index contributed by atoms with van der Waals surface area (Å²) in [6.45, 7) is 0. The molecule has 262 valence electrons. The third kappa shape index (κ3) is 5.29. The van der Waals surface area contributed by atoms with Crippen LogP contribution in [0.2, 0.25) is 0 Å². The first-order valence-corrected chi connectivity index (χ1v) is 18.8. The Kier molecular flexibility index (Phi) is 7.42. The highest BCUT2D eigenvalue weighted by Crippen LogP contribution is 2.38. The largest absolute Gasteiger partial charge is 0.309 e. The highest BCUT2D eigenvalue weighted by Gasteiger charge is 2.17. The molecule has 7 aromatic carbocycles. The van der Waals surface area contributed by atoms with Crippen molar-refractivity contribution in [2.75, 3.05) is 0 Å². The van der Waals surface area contributed by atoms with Crippen LogP contribution in [0.25, 0.3) is 100 Å². The number of pyridine rings is 1. The third-order valence-corrected chi connectivity index (χ3v) is 10.9. The van der Waals surface area contributed by atoms with E-state index >= 15 is 0 Å². The summed E-state index contributed by atoms with van der Waals surface area (Å²) in [7, 11) is 0. The molecule has 0 radical (unpaired) electrons. The smallest absolute Gasteiger partial charge is 0.235 e. The van der Waals surface area contributed by atoms with Gasteiger partial charge in [0, 0.05) is 56.3 Å². The molecule has 11 rings (SSSR count). The zero-order chi connectivity index (χ0) is 37.0. The standard InChI is InChI=1S/C51H33N5/c1-3-12-34(13-4-1)45-25-22-39(33-53-45)35-14-11-15-38(30-35)46-28-29-52-51(54-46)56-48-21-10-8-19-42(48)44-32-37(24-27-50(44)56)36-23-26-49-43(31-36)41-18-7-9-20-47(41)55(49)40-16-5-2-6-17-40/h1-33H. The lowest BCUT2D eigenvalue weighted by atomic mass is 10.0. The third-order valence-electron chi connectivity index (χ3n) is 10.9. The van der Waals surface area contributed by atoms with Crippen molar-refractivity contribution >= 4 is 43.6 Å². The van der Waals surface area contributed by atoms with Crippen LogP contribution in [-0.4, -0.2) is 24.1 Å². The zero-order valence-electron chi connectivity index (χ0n) is 30.3. The van der Waals surface area contributed by atoms with Crippen molar-refractivity contribution in [1.82, 2.24) is 24.1 Å². The predicted molar refractivity (Wildman–Crippen MR) is 230 cm³/mol. The number of aromatic nitrogens is 5. The molecule has 4 aromatic heterocycles. The lowest BCUT2D eigenvalue weighted by Gasteiger charge is -2.10. The average molecular weight is 716 g/mol. The number of benzene rings is 7. The van der Waals surface area contributed by atoms with Crippen LogP contribution in [0.1, 0.15) is 0 Å². The van der Waals surface area contributed by atoms with Crippen molar-refractivity contribution in [1.29, 1.82) is 0 Å². The van der Waals surface area contributed by atoms with Gasteiger partial charge in [0.15, 0.2) is 0 Å². The highest BCUT2D eigenvalue weighted by molar-refractivity contribution is 6.12. The minimum Gasteiger partial charge on any atom is -0.309 e. The average Bonchev–Trinajstić information content (AvgIpc) is 3.79. The second-order valence-electron chi connectivity index (χ2n) is 14.1. The van der Waals surface area contributed by atoms with E-state index in [-0.39, 0.29) is 0 Å². The van der Waals surface area contributed by atoms with E-state index in [1.54, 1.807) is 0 Å². The molecule has 0 amide bonds.